The van der Waals surface area contributed by atoms with Crippen LogP contribution in [0.4, 0.5) is 0 Å². The maximum atomic E-state index is 11.4. The van der Waals surface area contributed by atoms with Gasteiger partial charge in [0, 0.05) is 32.3 Å². The van der Waals surface area contributed by atoms with Crippen molar-refractivity contribution in [3.63, 3.8) is 0 Å². The Labute approximate surface area is 105 Å². The minimum atomic E-state index is -0.311. The first-order chi connectivity index (χ1) is 7.88. The molecule has 5 heteroatoms. The van der Waals surface area contributed by atoms with Crippen molar-refractivity contribution < 1.29 is 9.53 Å². The molecular weight excluding hydrogens is 218 g/mol. The third-order valence-electron chi connectivity index (χ3n) is 2.61. The maximum Gasteiger partial charge on any atom is 0.235 e. The van der Waals surface area contributed by atoms with E-state index in [0.29, 0.717) is 19.2 Å². The molecule has 0 fully saturated rings. The smallest absolute Gasteiger partial charge is 0.235 e. The number of nitrogens with two attached hydrogens (primary N) is 1. The molecule has 0 bridgehead atoms. The molecule has 17 heavy (non-hydrogen) atoms. The molecule has 0 aliphatic heterocycles. The van der Waals surface area contributed by atoms with E-state index in [-0.39, 0.29) is 18.0 Å². The highest BCUT2D eigenvalue weighted by Crippen LogP contribution is 2.01. The number of rotatable bonds is 9. The number of ether oxygens (including phenoxy) is 1. The summed E-state index contributed by atoms with van der Waals surface area (Å²) >= 11 is 0. The average Bonchev–Trinajstić information content (AvgIpc) is 2.21. The molecule has 0 saturated carbocycles. The zero-order valence-electron chi connectivity index (χ0n) is 11.7. The number of nitrogens with one attached hydrogen (secondary N) is 1. The van der Waals surface area contributed by atoms with Crippen LogP contribution < -0.4 is 11.1 Å². The van der Waals surface area contributed by atoms with Gasteiger partial charge in [0.1, 0.15) is 0 Å². The van der Waals surface area contributed by atoms with Gasteiger partial charge in [0.15, 0.2) is 0 Å². The van der Waals surface area contributed by atoms with E-state index in [0.717, 1.165) is 6.54 Å². The third kappa shape index (κ3) is 7.31. The van der Waals surface area contributed by atoms with E-state index in [4.69, 9.17) is 10.5 Å². The molecule has 0 aromatic rings. The van der Waals surface area contributed by atoms with Gasteiger partial charge in [-0.25, -0.2) is 0 Å². The molecule has 0 saturated heterocycles. The van der Waals surface area contributed by atoms with Crippen molar-refractivity contribution >= 4 is 5.91 Å². The van der Waals surface area contributed by atoms with Crippen LogP contribution in [0.2, 0.25) is 0 Å². The van der Waals surface area contributed by atoms with E-state index in [1.807, 2.05) is 13.8 Å². The lowest BCUT2D eigenvalue weighted by atomic mass is 10.2. The number of hydrogen-bond acceptors (Lipinski definition) is 4. The quantitative estimate of drug-likeness (QED) is 0.609. The van der Waals surface area contributed by atoms with E-state index in [2.05, 4.69) is 24.1 Å². The first-order valence-electron chi connectivity index (χ1n) is 6.16. The summed E-state index contributed by atoms with van der Waals surface area (Å²) in [5.74, 6) is -0.304. The summed E-state index contributed by atoms with van der Waals surface area (Å²) in [5.41, 5.74) is 5.40. The monoisotopic (exact) mass is 245 g/mol. The van der Waals surface area contributed by atoms with Crippen LogP contribution in [0.25, 0.3) is 0 Å². The lowest BCUT2D eigenvalue weighted by Gasteiger charge is -2.30. The Balaban J connectivity index is 4.39. The van der Waals surface area contributed by atoms with Gasteiger partial charge in [-0.2, -0.15) is 0 Å². The average molecular weight is 245 g/mol. The van der Waals surface area contributed by atoms with Crippen LogP contribution in [-0.2, 0) is 9.53 Å². The van der Waals surface area contributed by atoms with Crippen LogP contribution in [0, 0.1) is 0 Å². The van der Waals surface area contributed by atoms with Gasteiger partial charge in [-0.3, -0.25) is 9.69 Å². The Kier molecular flexibility index (Phi) is 8.12. The molecule has 102 valence electrons. The van der Waals surface area contributed by atoms with Crippen molar-refractivity contribution in [1.29, 1.82) is 0 Å². The molecule has 1 unspecified atom stereocenters. The van der Waals surface area contributed by atoms with Gasteiger partial charge in [0.05, 0.1) is 12.6 Å². The minimum Gasteiger partial charge on any atom is -0.383 e. The van der Waals surface area contributed by atoms with Crippen molar-refractivity contribution in [2.45, 2.75) is 45.8 Å². The van der Waals surface area contributed by atoms with Gasteiger partial charge in [0.2, 0.25) is 5.91 Å². The Bertz CT molecular complexity index is 220. The minimum absolute atomic E-state index is 0.240. The first-order valence-corrected chi connectivity index (χ1v) is 6.16. The van der Waals surface area contributed by atoms with E-state index < -0.39 is 0 Å². The summed E-state index contributed by atoms with van der Waals surface area (Å²) in [6.07, 6.45) is 0. The first kappa shape index (κ1) is 16.4. The van der Waals surface area contributed by atoms with Crippen LogP contribution in [0.1, 0.15) is 27.7 Å². The highest BCUT2D eigenvalue weighted by atomic mass is 16.5. The van der Waals surface area contributed by atoms with Crippen LogP contribution in [0.3, 0.4) is 0 Å². The number of methoxy groups -OCH3 is 1. The van der Waals surface area contributed by atoms with Crippen LogP contribution in [0.5, 0.6) is 0 Å². The van der Waals surface area contributed by atoms with Gasteiger partial charge in [-0.05, 0) is 13.8 Å². The van der Waals surface area contributed by atoms with Crippen molar-refractivity contribution in [3.05, 3.63) is 0 Å². The van der Waals surface area contributed by atoms with Gasteiger partial charge in [-0.1, -0.05) is 13.8 Å². The number of primary amides is 1. The number of nitrogens with zero attached hydrogens (tertiary/aromatic N) is 1. The summed E-state index contributed by atoms with van der Waals surface area (Å²) in [4.78, 5) is 13.6. The molecule has 0 rings (SSSR count). The molecule has 0 aliphatic rings. The highest BCUT2D eigenvalue weighted by Gasteiger charge is 2.21. The van der Waals surface area contributed by atoms with E-state index in [1.54, 1.807) is 7.11 Å². The number of hydrogen-bond donors (Lipinski definition) is 2. The molecule has 0 aromatic heterocycles. The molecule has 0 heterocycles. The van der Waals surface area contributed by atoms with Crippen LogP contribution in [0.15, 0.2) is 0 Å². The molecule has 0 aromatic carbocycles. The van der Waals surface area contributed by atoms with Gasteiger partial charge in [0.25, 0.3) is 0 Å². The zero-order valence-corrected chi connectivity index (χ0v) is 11.7. The summed E-state index contributed by atoms with van der Waals surface area (Å²) in [6.45, 7) is 10.3. The summed E-state index contributed by atoms with van der Waals surface area (Å²) in [7, 11) is 1.68. The van der Waals surface area contributed by atoms with E-state index >= 15 is 0 Å². The van der Waals surface area contributed by atoms with Crippen LogP contribution >= 0.6 is 0 Å². The van der Waals surface area contributed by atoms with E-state index in [1.165, 1.54) is 0 Å². The molecule has 1 amide bonds. The molecular formula is C12H27N3O2. The zero-order chi connectivity index (χ0) is 13.4. The second kappa shape index (κ2) is 8.44. The maximum absolute atomic E-state index is 11.4. The van der Waals surface area contributed by atoms with E-state index in [9.17, 15) is 4.79 Å². The Morgan fingerprint density at radius 3 is 2.29 bits per heavy atom. The fourth-order valence-electron chi connectivity index (χ4n) is 1.63. The second-order valence-electron chi connectivity index (χ2n) is 4.86. The molecule has 3 N–H and O–H groups in total. The van der Waals surface area contributed by atoms with Gasteiger partial charge < -0.3 is 15.8 Å². The molecule has 0 aliphatic carbocycles. The van der Waals surface area contributed by atoms with Crippen molar-refractivity contribution in [1.82, 2.24) is 10.2 Å². The normalized spacial score (nSPS) is 13.6. The summed E-state index contributed by atoms with van der Waals surface area (Å²) < 4.78 is 5.07. The fraction of sp³-hybridized carbons (Fsp3) is 0.917. The SMILES string of the molecule is COCCN(CC(NC(C)C)C(N)=O)C(C)C. The topological polar surface area (TPSA) is 67.6 Å². The van der Waals surface area contributed by atoms with Gasteiger partial charge >= 0.3 is 0 Å². The predicted octanol–water partition coefficient (Wildman–Crippen LogP) is 0.195. The van der Waals surface area contributed by atoms with Crippen LogP contribution in [-0.4, -0.2) is 55.7 Å². The Hall–Kier alpha value is -0.650. The van der Waals surface area contributed by atoms with Crippen molar-refractivity contribution in [3.8, 4) is 0 Å². The number of amides is 1. The predicted molar refractivity (Wildman–Crippen MR) is 69.8 cm³/mol. The summed E-state index contributed by atoms with van der Waals surface area (Å²) in [5, 5.41) is 3.18. The van der Waals surface area contributed by atoms with Gasteiger partial charge in [-0.15, -0.1) is 0 Å². The fourth-order valence-corrected chi connectivity index (χ4v) is 1.63. The molecule has 1 atom stereocenters. The summed E-state index contributed by atoms with van der Waals surface area (Å²) in [6, 6.07) is 0.291. The molecule has 0 radical (unpaired) electrons. The highest BCUT2D eigenvalue weighted by molar-refractivity contribution is 5.80. The lowest BCUT2D eigenvalue weighted by molar-refractivity contribution is -0.120. The number of carbonyl (C=O) groups excluding carboxylic acids is 1. The lowest BCUT2D eigenvalue weighted by Crippen LogP contribution is -2.53. The molecule has 5 nitrogen and oxygen atoms in total. The molecule has 0 spiro atoms. The van der Waals surface area contributed by atoms with Crippen molar-refractivity contribution in [2.75, 3.05) is 26.8 Å². The Morgan fingerprint density at radius 2 is 1.94 bits per heavy atom. The second-order valence-corrected chi connectivity index (χ2v) is 4.86. The van der Waals surface area contributed by atoms with Crippen molar-refractivity contribution in [2.24, 2.45) is 5.73 Å². The third-order valence-corrected chi connectivity index (χ3v) is 2.61. The number of carbonyl (C=O) groups is 1. The standard InChI is InChI=1S/C12H27N3O2/c1-9(2)14-11(12(13)16)8-15(10(3)4)6-7-17-5/h9-11,14H,6-8H2,1-5H3,(H2,13,16). The Morgan fingerprint density at radius 1 is 1.35 bits per heavy atom. The largest absolute Gasteiger partial charge is 0.383 e.